The van der Waals surface area contributed by atoms with Gasteiger partial charge in [-0.05, 0) is 161 Å². The lowest BCUT2D eigenvalue weighted by molar-refractivity contribution is -0.155. The van der Waals surface area contributed by atoms with Crippen LogP contribution >= 0.6 is 15.9 Å². The van der Waals surface area contributed by atoms with Crippen molar-refractivity contribution in [2.45, 2.75) is 115 Å². The average molecular weight is 1720 g/mol. The van der Waals surface area contributed by atoms with E-state index in [1.807, 2.05) is 134 Å². The summed E-state index contributed by atoms with van der Waals surface area (Å²) >= 11 is 3.34. The minimum atomic E-state index is -0.604. The number of esters is 4. The number of halogens is 1. The number of pyridine rings is 1. The van der Waals surface area contributed by atoms with Crippen molar-refractivity contribution in [3.05, 3.63) is 304 Å². The molecule has 4 aliphatic carbocycles. The van der Waals surface area contributed by atoms with Crippen molar-refractivity contribution in [3.63, 3.8) is 0 Å². The number of rotatable bonds is 24. The van der Waals surface area contributed by atoms with Gasteiger partial charge in [-0.3, -0.25) is 52.7 Å². The van der Waals surface area contributed by atoms with Crippen molar-refractivity contribution in [1.29, 1.82) is 0 Å². The Morgan fingerprint density at radius 2 is 0.935 bits per heavy atom. The Kier molecular flexibility index (Phi) is 27.3. The monoisotopic (exact) mass is 1720 g/mol. The maximum Gasteiger partial charge on any atom is 0.344 e. The van der Waals surface area contributed by atoms with Gasteiger partial charge in [0.15, 0.2) is 53.8 Å². The molecule has 630 valence electrons. The van der Waals surface area contributed by atoms with E-state index in [0.717, 1.165) is 45.4 Å². The molecule has 15 rings (SSSR count). The number of nitrogens with one attached hydrogen (secondary N) is 4. The van der Waals surface area contributed by atoms with Crippen LogP contribution in [0.2, 0.25) is 0 Å². The molecule has 2 atom stereocenters. The molecule has 23 nitrogen and oxygen atoms in total. The number of nitrogens with zero attached hydrogens (tertiary/aromatic N) is 1. The molecule has 4 aliphatic rings. The number of nitrogen functional groups attached to an aromatic ring is 1. The Morgan fingerprint density at radius 1 is 0.463 bits per heavy atom. The Morgan fingerprint density at radius 3 is 1.49 bits per heavy atom. The molecule has 0 saturated carbocycles. The summed E-state index contributed by atoms with van der Waals surface area (Å²) in [5.74, 6) is -2.89. The first-order chi connectivity index (χ1) is 58.8. The minimum absolute atomic E-state index is 0.0769. The molecule has 2 unspecified atom stereocenters. The molecule has 24 heteroatoms. The Balaban J connectivity index is 0.000000151. The van der Waals surface area contributed by atoms with Crippen LogP contribution in [0.5, 0.6) is 5.75 Å². The third-order valence-electron chi connectivity index (χ3n) is 22.5. The molecule has 123 heavy (non-hydrogen) atoms. The minimum Gasteiger partial charge on any atom is -0.481 e. The number of ether oxygens (including phenoxy) is 5. The number of hydrogen-bond donors (Lipinski definition) is 5. The van der Waals surface area contributed by atoms with E-state index in [0.29, 0.717) is 114 Å². The molecule has 0 saturated heterocycles. The van der Waals surface area contributed by atoms with Crippen LogP contribution in [0.4, 0.5) is 39.8 Å². The predicted octanol–water partition coefficient (Wildman–Crippen LogP) is 18.8. The van der Waals surface area contributed by atoms with Gasteiger partial charge in [0.2, 0.25) is 0 Å². The average Bonchev–Trinajstić information content (AvgIpc) is 0.728. The number of anilines is 7. The third kappa shape index (κ3) is 18.8. The molecule has 0 fully saturated rings. The van der Waals surface area contributed by atoms with Crippen molar-refractivity contribution in [2.24, 2.45) is 23.8 Å². The standard InChI is InChI=1S/C30H28N2O4.C27H25NO5.C21H21BrN2O4.C21H21NO4/c1-5-30(2,3)29(35)36-17-18-10-12-19(13-11-18)31-23-14-15-24-26-22(16-25(33)32(24)4)20-8-6-7-9-21(20)28(34)27(23)26;1-4-17(3)33-23(29)15-32-22-14-13-21(28-18-11-9-16(2)10-12-18)24-25(22)27(31)20-8-6-5-7-19(20)26(24)30;1-4-21(2,3)20(27)28-10-24-14-9-13(22)17(23)16-15(14)18(25)11-7-5-6-8-12(11)19(16)26;1-3-13(2)21(25)26-12-11-22-17-10-6-9-16-18(17)20(24)15-8-5-4-7-14(15)19(16)23/h6-16,31H,5,17H2,1-4H3;5-14,17,28H,4,15H2,1-3H3;5-9,24H,4,10,23H2,1-3H3;4-10,13,22H,3,11-12H2,1-2H3. The summed E-state index contributed by atoms with van der Waals surface area (Å²) in [5, 5.41) is 13.5. The van der Waals surface area contributed by atoms with Crippen LogP contribution in [-0.2, 0) is 51.8 Å². The number of aromatic nitrogens is 1. The van der Waals surface area contributed by atoms with E-state index in [1.165, 1.54) is 0 Å². The molecule has 6 N–H and O–H groups in total. The molecule has 0 spiro atoms. The van der Waals surface area contributed by atoms with Gasteiger partial charge in [0.1, 0.15) is 19.0 Å². The second kappa shape index (κ2) is 37.9. The van der Waals surface area contributed by atoms with E-state index in [-0.39, 0.29) is 136 Å². The smallest absolute Gasteiger partial charge is 0.344 e. The number of carbonyl (C=O) groups is 11. The lowest BCUT2D eigenvalue weighted by Crippen LogP contribution is -2.28. The normalized spacial score (nSPS) is 13.0. The first-order valence-electron chi connectivity index (χ1n) is 40.6. The summed E-state index contributed by atoms with van der Waals surface area (Å²) < 4.78 is 29.0. The largest absolute Gasteiger partial charge is 0.481 e. The Labute approximate surface area is 720 Å². The van der Waals surface area contributed by atoms with E-state index in [4.69, 9.17) is 29.4 Å². The van der Waals surface area contributed by atoms with Crippen molar-refractivity contribution < 1.29 is 76.4 Å². The Hall–Kier alpha value is -13.7. The lowest BCUT2D eigenvalue weighted by Gasteiger charge is -2.24. The van der Waals surface area contributed by atoms with Crippen LogP contribution in [0.3, 0.4) is 0 Å². The van der Waals surface area contributed by atoms with Gasteiger partial charge in [-0.25, -0.2) is 4.79 Å². The zero-order valence-corrected chi connectivity index (χ0v) is 72.0. The van der Waals surface area contributed by atoms with E-state index in [9.17, 15) is 57.5 Å². The second-order valence-electron chi connectivity index (χ2n) is 31.5. The van der Waals surface area contributed by atoms with Gasteiger partial charge in [-0.1, -0.05) is 174 Å². The highest BCUT2D eigenvalue weighted by Crippen LogP contribution is 2.45. The maximum absolute atomic E-state index is 13.6. The van der Waals surface area contributed by atoms with Crippen LogP contribution < -0.4 is 37.3 Å². The number of aryl methyl sites for hydroxylation is 2. The van der Waals surface area contributed by atoms with Gasteiger partial charge in [0.25, 0.3) is 5.56 Å². The number of ketones is 7. The van der Waals surface area contributed by atoms with Crippen molar-refractivity contribution >= 4 is 131 Å². The van der Waals surface area contributed by atoms with Gasteiger partial charge < -0.3 is 55.3 Å². The number of hydrogen-bond acceptors (Lipinski definition) is 22. The molecule has 0 bridgehead atoms. The second-order valence-corrected chi connectivity index (χ2v) is 32.4. The van der Waals surface area contributed by atoms with Gasteiger partial charge in [-0.15, -0.1) is 0 Å². The summed E-state index contributed by atoms with van der Waals surface area (Å²) in [5.41, 5.74) is 17.8. The summed E-state index contributed by atoms with van der Waals surface area (Å²) in [4.78, 5) is 153. The SMILES string of the molecule is CCC(C)(C)C(=O)OCNc1cc(Br)c(N)c2c1C(=O)c1ccccc1C2=O.CCC(C)(C)C(=O)OCc1ccc(Nc2ccc3c4c(cc(=O)n3C)-c3ccccc3C(=O)c24)cc1.CCC(C)C(=O)OCCNc1cccc2c1C(=O)c1ccccc1C2=O.CCC(C)OC(=O)COc1ccc(Nc2ccc(C)cc2)c2c1C(=O)c1ccccc1C2=O. The van der Waals surface area contributed by atoms with Gasteiger partial charge >= 0.3 is 23.9 Å². The molecule has 11 aromatic rings. The van der Waals surface area contributed by atoms with E-state index in [2.05, 4.69) is 37.2 Å². The van der Waals surface area contributed by atoms with E-state index in [1.54, 1.807) is 154 Å². The molecule has 1 aromatic heterocycles. The molecule has 1 heterocycles. The zero-order valence-electron chi connectivity index (χ0n) is 70.4. The fraction of sp³-hybridized carbons (Fsp3) is 0.253. The fourth-order valence-corrected chi connectivity index (χ4v) is 14.5. The number of carbonyl (C=O) groups excluding carboxylic acids is 11. The number of fused-ring (bicyclic) bond motifs is 8. The lowest BCUT2D eigenvalue weighted by atomic mass is 9.82. The molecular formula is C99H95BrN6O17. The summed E-state index contributed by atoms with van der Waals surface area (Å²) in [7, 11) is 1.72. The van der Waals surface area contributed by atoms with Gasteiger partial charge in [-0.2, -0.15) is 0 Å². The highest BCUT2D eigenvalue weighted by atomic mass is 79.9. The summed E-state index contributed by atoms with van der Waals surface area (Å²) in [6, 6.07) is 58.3. The van der Waals surface area contributed by atoms with Crippen LogP contribution in [0.15, 0.2) is 209 Å². The molecule has 0 radical (unpaired) electrons. The Bertz CT molecular complexity index is 6140. The van der Waals surface area contributed by atoms with Crippen LogP contribution in [0.1, 0.15) is 217 Å². The number of benzene rings is 10. The quantitative estimate of drug-likeness (QED) is 0.0123. The first kappa shape index (κ1) is 88.5. The van der Waals surface area contributed by atoms with Gasteiger partial charge in [0.05, 0.1) is 78.8 Å². The van der Waals surface area contributed by atoms with Crippen LogP contribution in [-0.4, -0.2) is 102 Å². The topological polar surface area (TPSA) is 330 Å². The zero-order chi connectivity index (χ0) is 88.5. The van der Waals surface area contributed by atoms with Crippen molar-refractivity contribution in [1.82, 2.24) is 4.57 Å². The van der Waals surface area contributed by atoms with Gasteiger partial charge in [0, 0.05) is 96.8 Å². The molecule has 0 amide bonds. The highest BCUT2D eigenvalue weighted by Gasteiger charge is 2.39. The van der Waals surface area contributed by atoms with E-state index < -0.39 is 16.8 Å². The van der Waals surface area contributed by atoms with E-state index >= 15 is 0 Å². The van der Waals surface area contributed by atoms with Crippen LogP contribution in [0, 0.1) is 23.7 Å². The molecule has 10 aromatic carbocycles. The highest BCUT2D eigenvalue weighted by molar-refractivity contribution is 9.10. The maximum atomic E-state index is 13.6. The fourth-order valence-electron chi connectivity index (χ4n) is 14.1. The summed E-state index contributed by atoms with van der Waals surface area (Å²) in [6.45, 7) is 21.0. The molecular weight excluding hydrogens is 1630 g/mol. The molecule has 0 aliphatic heterocycles. The summed E-state index contributed by atoms with van der Waals surface area (Å²) in [6.07, 6.45) is 2.53. The van der Waals surface area contributed by atoms with Crippen LogP contribution in [0.25, 0.3) is 22.0 Å². The first-order valence-corrected chi connectivity index (χ1v) is 41.4. The number of nitrogens with two attached hydrogens (primary N) is 1. The van der Waals surface area contributed by atoms with Crippen molar-refractivity contribution in [3.8, 4) is 16.9 Å². The van der Waals surface area contributed by atoms with Crippen molar-refractivity contribution in [2.75, 3.05) is 53.5 Å². The predicted molar refractivity (Wildman–Crippen MR) is 476 cm³/mol. The third-order valence-corrected chi connectivity index (χ3v) is 23.1.